The fraction of sp³-hybridized carbons (Fsp3) is 0.500. The van der Waals surface area contributed by atoms with Crippen molar-refractivity contribution in [1.82, 2.24) is 0 Å². The Hall–Kier alpha value is 0.230. The molecule has 2 rings (SSSR count). The second-order valence-electron chi connectivity index (χ2n) is 4.07. The van der Waals surface area contributed by atoms with Crippen LogP contribution in [-0.2, 0) is 5.54 Å². The summed E-state index contributed by atoms with van der Waals surface area (Å²) in [6.45, 7) is 0. The van der Waals surface area contributed by atoms with Crippen molar-refractivity contribution < 1.29 is 0 Å². The minimum Gasteiger partial charge on any atom is -0.321 e. The molecule has 16 heavy (non-hydrogen) atoms. The van der Waals surface area contributed by atoms with Gasteiger partial charge in [-0.1, -0.05) is 0 Å². The summed E-state index contributed by atoms with van der Waals surface area (Å²) in [4.78, 5) is 4.13. The molecule has 1 aromatic rings. The molecule has 0 saturated heterocycles. The van der Waals surface area contributed by atoms with Crippen molar-refractivity contribution >= 4 is 35.3 Å². The molecule has 88 valence electrons. The van der Waals surface area contributed by atoms with Gasteiger partial charge in [-0.2, -0.15) is 0 Å². The van der Waals surface area contributed by atoms with Crippen LogP contribution < -0.4 is 5.73 Å². The van der Waals surface area contributed by atoms with Gasteiger partial charge in [-0.05, 0) is 49.3 Å². The van der Waals surface area contributed by atoms with Gasteiger partial charge in [0.1, 0.15) is 0 Å². The molecule has 0 heterocycles. The van der Waals surface area contributed by atoms with Crippen LogP contribution in [0.25, 0.3) is 0 Å². The first-order valence-corrected chi connectivity index (χ1v) is 8.91. The molecule has 0 aromatic heterocycles. The van der Waals surface area contributed by atoms with Crippen LogP contribution in [0.15, 0.2) is 26.8 Å². The molecule has 0 spiro atoms. The zero-order valence-electron chi connectivity index (χ0n) is 9.87. The Bertz CT molecular complexity index is 374. The minimum absolute atomic E-state index is 0.0219. The second-order valence-corrected chi connectivity index (χ2v) is 6.58. The van der Waals surface area contributed by atoms with E-state index in [9.17, 15) is 0 Å². The van der Waals surface area contributed by atoms with E-state index in [2.05, 4.69) is 30.9 Å². The number of thioether (sulfide) groups is 3. The van der Waals surface area contributed by atoms with Crippen molar-refractivity contribution in [3.05, 3.63) is 17.7 Å². The quantitative estimate of drug-likeness (QED) is 0.842. The fourth-order valence-electron chi connectivity index (χ4n) is 1.79. The molecule has 0 aliphatic heterocycles. The first-order chi connectivity index (χ1) is 7.64. The zero-order valence-corrected chi connectivity index (χ0v) is 12.3. The molecule has 1 aliphatic carbocycles. The van der Waals surface area contributed by atoms with Crippen molar-refractivity contribution in [3.63, 3.8) is 0 Å². The monoisotopic (exact) mass is 271 g/mol. The summed E-state index contributed by atoms with van der Waals surface area (Å²) in [6.07, 6.45) is 8.68. The van der Waals surface area contributed by atoms with Crippen molar-refractivity contribution in [2.75, 3.05) is 18.8 Å². The second kappa shape index (κ2) is 4.84. The Labute approximate surface area is 110 Å². The van der Waals surface area contributed by atoms with Gasteiger partial charge in [-0.25, -0.2) is 0 Å². The number of rotatable bonds is 4. The predicted octanol–water partition coefficient (Wildman–Crippen LogP) is 3.80. The largest absolute Gasteiger partial charge is 0.321 e. The summed E-state index contributed by atoms with van der Waals surface area (Å²) in [5.74, 6) is 0. The molecule has 2 N–H and O–H groups in total. The molecule has 0 bridgehead atoms. The van der Waals surface area contributed by atoms with Gasteiger partial charge in [0.2, 0.25) is 0 Å². The van der Waals surface area contributed by atoms with E-state index in [0.717, 1.165) is 12.8 Å². The highest BCUT2D eigenvalue weighted by Gasteiger charge is 2.40. The van der Waals surface area contributed by atoms with Gasteiger partial charge in [0, 0.05) is 20.2 Å². The molecule has 0 unspecified atom stereocenters. The number of hydrogen-bond donors (Lipinski definition) is 1. The molecule has 0 amide bonds. The van der Waals surface area contributed by atoms with Gasteiger partial charge >= 0.3 is 0 Å². The third kappa shape index (κ3) is 2.26. The molecule has 0 atom stereocenters. The van der Waals surface area contributed by atoms with E-state index < -0.39 is 0 Å². The zero-order chi connectivity index (χ0) is 11.8. The van der Waals surface area contributed by atoms with Gasteiger partial charge in [0.15, 0.2) is 0 Å². The number of hydrogen-bond acceptors (Lipinski definition) is 4. The van der Waals surface area contributed by atoms with E-state index in [-0.39, 0.29) is 5.54 Å². The molecule has 1 fully saturated rings. The number of nitrogens with two attached hydrogens (primary N) is 1. The highest BCUT2D eigenvalue weighted by molar-refractivity contribution is 8.03. The molecule has 1 saturated carbocycles. The van der Waals surface area contributed by atoms with E-state index >= 15 is 0 Å². The van der Waals surface area contributed by atoms with E-state index in [1.54, 1.807) is 0 Å². The molecule has 1 nitrogen and oxygen atoms in total. The smallest absolute Gasteiger partial charge is 0.0412 e. The Morgan fingerprint density at radius 1 is 1.00 bits per heavy atom. The molecule has 0 radical (unpaired) electrons. The van der Waals surface area contributed by atoms with Crippen LogP contribution in [0.5, 0.6) is 0 Å². The van der Waals surface area contributed by atoms with Gasteiger partial charge in [-0.3, -0.25) is 0 Å². The van der Waals surface area contributed by atoms with E-state index in [1.165, 1.54) is 20.2 Å². The average Bonchev–Trinajstić information content (AvgIpc) is 3.06. The lowest BCUT2D eigenvalue weighted by Crippen LogP contribution is -2.18. The average molecular weight is 271 g/mol. The normalized spacial score (nSPS) is 17.5. The van der Waals surface area contributed by atoms with E-state index in [4.69, 9.17) is 5.73 Å². The van der Waals surface area contributed by atoms with Gasteiger partial charge in [0.05, 0.1) is 0 Å². The van der Waals surface area contributed by atoms with Crippen LogP contribution in [-0.4, -0.2) is 18.8 Å². The molecular weight excluding hydrogens is 254 g/mol. The van der Waals surface area contributed by atoms with Crippen LogP contribution in [0.3, 0.4) is 0 Å². The maximum Gasteiger partial charge on any atom is 0.0412 e. The van der Waals surface area contributed by atoms with Crippen LogP contribution in [0.4, 0.5) is 0 Å². The number of benzene rings is 1. The Morgan fingerprint density at radius 2 is 1.50 bits per heavy atom. The van der Waals surface area contributed by atoms with Gasteiger partial charge in [-0.15, -0.1) is 35.3 Å². The predicted molar refractivity (Wildman–Crippen MR) is 76.9 cm³/mol. The maximum absolute atomic E-state index is 6.28. The van der Waals surface area contributed by atoms with Crippen molar-refractivity contribution in [1.29, 1.82) is 0 Å². The van der Waals surface area contributed by atoms with Gasteiger partial charge < -0.3 is 5.73 Å². The van der Waals surface area contributed by atoms with Crippen LogP contribution in [0.2, 0.25) is 0 Å². The SMILES string of the molecule is CSc1cc(C2(N)CC2)cc(SC)c1SC. The molecule has 1 aromatic carbocycles. The Balaban J connectivity index is 2.50. The summed E-state index contributed by atoms with van der Waals surface area (Å²) in [7, 11) is 0. The third-order valence-corrected chi connectivity index (χ3v) is 5.66. The van der Waals surface area contributed by atoms with E-state index in [1.807, 2.05) is 35.3 Å². The summed E-state index contributed by atoms with van der Waals surface area (Å²) in [5.41, 5.74) is 7.58. The Morgan fingerprint density at radius 3 is 1.81 bits per heavy atom. The lowest BCUT2D eigenvalue weighted by atomic mass is 10.1. The highest BCUT2D eigenvalue weighted by Crippen LogP contribution is 2.47. The molecular formula is C12H17NS3. The van der Waals surface area contributed by atoms with Crippen molar-refractivity contribution in [2.24, 2.45) is 5.73 Å². The van der Waals surface area contributed by atoms with Crippen LogP contribution in [0.1, 0.15) is 18.4 Å². The maximum atomic E-state index is 6.28. The standard InChI is InChI=1S/C12H17NS3/c1-14-9-6-8(12(13)4-5-12)7-10(15-2)11(9)16-3/h6-7H,4-5,13H2,1-3H3. The van der Waals surface area contributed by atoms with Gasteiger partial charge in [0.25, 0.3) is 0 Å². The minimum atomic E-state index is -0.0219. The van der Waals surface area contributed by atoms with Crippen LogP contribution in [0, 0.1) is 0 Å². The third-order valence-electron chi connectivity index (χ3n) is 3.03. The molecule has 1 aliphatic rings. The lowest BCUT2D eigenvalue weighted by molar-refractivity contribution is 0.730. The summed E-state index contributed by atoms with van der Waals surface area (Å²) in [6, 6.07) is 4.56. The first kappa shape index (κ1) is 12.7. The topological polar surface area (TPSA) is 26.0 Å². The highest BCUT2D eigenvalue weighted by atomic mass is 32.2. The van der Waals surface area contributed by atoms with Crippen molar-refractivity contribution in [2.45, 2.75) is 33.1 Å². The van der Waals surface area contributed by atoms with E-state index in [0.29, 0.717) is 0 Å². The fourth-order valence-corrected chi connectivity index (χ4v) is 4.46. The van der Waals surface area contributed by atoms with Crippen molar-refractivity contribution in [3.8, 4) is 0 Å². The van der Waals surface area contributed by atoms with Crippen LogP contribution >= 0.6 is 35.3 Å². The molecule has 4 heteroatoms. The Kier molecular flexibility index (Phi) is 3.84. The summed E-state index contributed by atoms with van der Waals surface area (Å²) < 4.78 is 0. The summed E-state index contributed by atoms with van der Waals surface area (Å²) in [5, 5.41) is 0. The summed E-state index contributed by atoms with van der Waals surface area (Å²) >= 11 is 5.46. The lowest BCUT2D eigenvalue weighted by Gasteiger charge is -2.16. The first-order valence-electron chi connectivity index (χ1n) is 5.24.